The van der Waals surface area contributed by atoms with E-state index in [-0.39, 0.29) is 12.4 Å². The summed E-state index contributed by atoms with van der Waals surface area (Å²) in [4.78, 5) is 10.8. The summed E-state index contributed by atoms with van der Waals surface area (Å²) < 4.78 is 14.3. The largest absolute Gasteiger partial charge is 0.390 e. The molecule has 5 nitrogen and oxygen atoms in total. The zero-order valence-electron chi connectivity index (χ0n) is 13.2. The molecule has 0 saturated carbocycles. The molecule has 0 bridgehead atoms. The fourth-order valence-corrected chi connectivity index (χ4v) is 2.77. The molecule has 0 aliphatic carbocycles. The van der Waals surface area contributed by atoms with Crippen molar-refractivity contribution in [1.82, 2.24) is 9.97 Å². The smallest absolute Gasteiger partial charge is 0.225 e. The topological polar surface area (TPSA) is 75.3 Å². The molecule has 3 N–H and O–H groups in total. The van der Waals surface area contributed by atoms with Crippen LogP contribution in [0.4, 0.5) is 10.3 Å². The normalized spacial score (nSPS) is 17.3. The number of halogens is 1. The van der Waals surface area contributed by atoms with Gasteiger partial charge in [-0.2, -0.15) is 0 Å². The molecule has 0 unspecified atom stereocenters. The lowest BCUT2D eigenvalue weighted by Gasteiger charge is -2.35. The molecule has 2 heterocycles. The number of aliphatic hydroxyl groups is 1. The summed E-state index contributed by atoms with van der Waals surface area (Å²) in [6.07, 6.45) is 4.64. The van der Waals surface area contributed by atoms with Gasteiger partial charge in [0.05, 0.1) is 5.60 Å². The van der Waals surface area contributed by atoms with Crippen molar-refractivity contribution in [3.63, 3.8) is 0 Å². The number of aromatic nitrogens is 2. The molecule has 0 radical (unpaired) electrons. The first-order valence-corrected chi connectivity index (χ1v) is 7.77. The van der Waals surface area contributed by atoms with E-state index < -0.39 is 5.60 Å². The Morgan fingerprint density at radius 1 is 1.26 bits per heavy atom. The molecule has 0 spiro atoms. The third kappa shape index (κ3) is 3.33. The van der Waals surface area contributed by atoms with E-state index in [0.717, 1.165) is 0 Å². The summed E-state index contributed by atoms with van der Waals surface area (Å²) in [6, 6.07) is 5.15. The Morgan fingerprint density at radius 2 is 1.91 bits per heavy atom. The zero-order chi connectivity index (χ0) is 16.4. The lowest BCUT2D eigenvalue weighted by molar-refractivity contribution is 0.0349. The summed E-state index contributed by atoms with van der Waals surface area (Å²) in [5, 5.41) is 9.99. The van der Waals surface area contributed by atoms with Crippen molar-refractivity contribution in [1.29, 1.82) is 0 Å². The van der Waals surface area contributed by atoms with Crippen LogP contribution in [0, 0.1) is 5.82 Å². The van der Waals surface area contributed by atoms with Crippen LogP contribution in [0.3, 0.4) is 0 Å². The Bertz CT molecular complexity index is 677. The van der Waals surface area contributed by atoms with Crippen LogP contribution in [0.5, 0.6) is 0 Å². The maximum atomic E-state index is 14.3. The molecule has 2 aromatic rings. The summed E-state index contributed by atoms with van der Waals surface area (Å²) in [5.41, 5.74) is 6.50. The number of anilines is 1. The Morgan fingerprint density at radius 3 is 2.52 bits per heavy atom. The highest BCUT2D eigenvalue weighted by Crippen LogP contribution is 2.26. The fraction of sp³-hybridized carbons (Fsp3) is 0.412. The van der Waals surface area contributed by atoms with Crippen molar-refractivity contribution in [2.45, 2.75) is 31.9 Å². The predicted molar refractivity (Wildman–Crippen MR) is 87.4 cm³/mol. The molecule has 1 aliphatic heterocycles. The molecule has 1 saturated heterocycles. The Labute approximate surface area is 135 Å². The third-order valence-corrected chi connectivity index (χ3v) is 4.37. The highest BCUT2D eigenvalue weighted by atomic mass is 19.1. The molecule has 0 amide bonds. The van der Waals surface area contributed by atoms with Gasteiger partial charge in [-0.3, -0.25) is 0 Å². The van der Waals surface area contributed by atoms with Crippen LogP contribution in [0.1, 0.15) is 25.3 Å². The molecule has 0 atom stereocenters. The molecule has 6 heteroatoms. The van der Waals surface area contributed by atoms with E-state index in [1.54, 1.807) is 30.6 Å². The fourth-order valence-electron chi connectivity index (χ4n) is 2.77. The SMILES string of the molecule is CC1(O)CCN(c2ncc(-c3cccc(CN)c3F)cn2)CC1. The molecular formula is C17H21FN4O. The predicted octanol–water partition coefficient (Wildman–Crippen LogP) is 2.09. The van der Waals surface area contributed by atoms with Gasteiger partial charge in [-0.25, -0.2) is 14.4 Å². The van der Waals surface area contributed by atoms with Crippen molar-refractivity contribution in [3.05, 3.63) is 42.0 Å². The second kappa shape index (κ2) is 6.22. The van der Waals surface area contributed by atoms with Crippen molar-refractivity contribution >= 4 is 5.95 Å². The number of rotatable bonds is 3. The molecule has 1 aliphatic rings. The van der Waals surface area contributed by atoms with Crippen LogP contribution in [0.25, 0.3) is 11.1 Å². The molecule has 1 aromatic carbocycles. The molecule has 23 heavy (non-hydrogen) atoms. The number of nitrogens with two attached hydrogens (primary N) is 1. The lowest BCUT2D eigenvalue weighted by atomic mass is 9.94. The number of hydrogen-bond donors (Lipinski definition) is 2. The van der Waals surface area contributed by atoms with Gasteiger partial charge in [0.25, 0.3) is 0 Å². The first-order valence-electron chi connectivity index (χ1n) is 7.77. The minimum atomic E-state index is -0.609. The van der Waals surface area contributed by atoms with E-state index in [0.29, 0.717) is 48.6 Å². The second-order valence-electron chi connectivity index (χ2n) is 6.24. The molecule has 1 aromatic heterocycles. The van der Waals surface area contributed by atoms with Gasteiger partial charge in [-0.15, -0.1) is 0 Å². The highest BCUT2D eigenvalue weighted by Gasteiger charge is 2.28. The van der Waals surface area contributed by atoms with Gasteiger partial charge in [0.15, 0.2) is 0 Å². The number of benzene rings is 1. The Balaban J connectivity index is 1.80. The van der Waals surface area contributed by atoms with Gasteiger partial charge < -0.3 is 15.7 Å². The minimum Gasteiger partial charge on any atom is -0.390 e. The van der Waals surface area contributed by atoms with Gasteiger partial charge in [-0.05, 0) is 19.8 Å². The summed E-state index contributed by atoms with van der Waals surface area (Å²) in [6.45, 7) is 3.43. The Kier molecular flexibility index (Phi) is 4.28. The molecule has 122 valence electrons. The average Bonchev–Trinajstić information content (AvgIpc) is 2.55. The highest BCUT2D eigenvalue weighted by molar-refractivity contribution is 5.64. The number of hydrogen-bond acceptors (Lipinski definition) is 5. The van der Waals surface area contributed by atoms with Gasteiger partial charge in [-0.1, -0.05) is 18.2 Å². The van der Waals surface area contributed by atoms with Crippen LogP contribution in [-0.4, -0.2) is 33.8 Å². The van der Waals surface area contributed by atoms with Crippen molar-refractivity contribution in [3.8, 4) is 11.1 Å². The minimum absolute atomic E-state index is 0.159. The lowest BCUT2D eigenvalue weighted by Crippen LogP contribution is -2.43. The summed E-state index contributed by atoms with van der Waals surface area (Å²) >= 11 is 0. The van der Waals surface area contributed by atoms with Crippen LogP contribution in [0.2, 0.25) is 0 Å². The van der Waals surface area contributed by atoms with Gasteiger partial charge in [0.2, 0.25) is 5.95 Å². The van der Waals surface area contributed by atoms with Crippen LogP contribution in [0.15, 0.2) is 30.6 Å². The number of nitrogens with zero attached hydrogens (tertiary/aromatic N) is 3. The first kappa shape index (κ1) is 15.8. The third-order valence-electron chi connectivity index (χ3n) is 4.37. The van der Waals surface area contributed by atoms with Gasteiger partial charge in [0, 0.05) is 48.7 Å². The maximum absolute atomic E-state index is 14.3. The van der Waals surface area contributed by atoms with E-state index in [4.69, 9.17) is 5.73 Å². The van der Waals surface area contributed by atoms with E-state index in [1.165, 1.54) is 0 Å². The van der Waals surface area contributed by atoms with Crippen molar-refractivity contribution in [2.24, 2.45) is 5.73 Å². The number of piperidine rings is 1. The van der Waals surface area contributed by atoms with Crippen molar-refractivity contribution in [2.75, 3.05) is 18.0 Å². The summed E-state index contributed by atoms with van der Waals surface area (Å²) in [7, 11) is 0. The van der Waals surface area contributed by atoms with Crippen molar-refractivity contribution < 1.29 is 9.50 Å². The standard InChI is InChI=1S/C17H21FN4O/c1-17(23)5-7-22(8-6-17)16-20-10-13(11-21-16)14-4-2-3-12(9-19)15(14)18/h2-4,10-11,23H,5-9,19H2,1H3. The van der Waals surface area contributed by atoms with E-state index >= 15 is 0 Å². The van der Waals surface area contributed by atoms with Crippen LogP contribution in [-0.2, 0) is 6.54 Å². The first-order chi connectivity index (χ1) is 11.0. The van der Waals surface area contributed by atoms with E-state index in [1.807, 2.05) is 11.8 Å². The molecule has 3 rings (SSSR count). The second-order valence-corrected chi connectivity index (χ2v) is 6.24. The Hall–Kier alpha value is -2.05. The quantitative estimate of drug-likeness (QED) is 0.907. The van der Waals surface area contributed by atoms with Gasteiger partial charge in [0.1, 0.15) is 5.82 Å². The average molecular weight is 316 g/mol. The maximum Gasteiger partial charge on any atom is 0.225 e. The zero-order valence-corrected chi connectivity index (χ0v) is 13.2. The van der Waals surface area contributed by atoms with Crippen LogP contribution >= 0.6 is 0 Å². The monoisotopic (exact) mass is 316 g/mol. The molecule has 1 fully saturated rings. The van der Waals surface area contributed by atoms with Gasteiger partial charge >= 0.3 is 0 Å². The van der Waals surface area contributed by atoms with Crippen LogP contribution < -0.4 is 10.6 Å². The van der Waals surface area contributed by atoms with E-state index in [2.05, 4.69) is 9.97 Å². The molecular weight excluding hydrogens is 295 g/mol. The summed E-state index contributed by atoms with van der Waals surface area (Å²) in [5.74, 6) is 0.292. The van der Waals surface area contributed by atoms with E-state index in [9.17, 15) is 9.50 Å².